The molecule has 0 saturated carbocycles. The molecule has 1 aliphatic rings. The molecule has 1 heterocycles. The molecule has 0 aliphatic carbocycles. The van der Waals surface area contributed by atoms with Gasteiger partial charge in [0.05, 0.1) is 0 Å². The predicted octanol–water partition coefficient (Wildman–Crippen LogP) is 2.29. The highest BCUT2D eigenvalue weighted by Gasteiger charge is 2.29. The van der Waals surface area contributed by atoms with E-state index in [-0.39, 0.29) is 17.9 Å². The molecule has 0 amide bonds. The average Bonchev–Trinajstić information content (AvgIpc) is 2.12. The Morgan fingerprint density at radius 3 is 2.73 bits per heavy atom. The van der Waals surface area contributed by atoms with Gasteiger partial charge in [0.15, 0.2) is 0 Å². The number of rotatable bonds is 2. The normalized spacial score (nSPS) is 20.0. The summed E-state index contributed by atoms with van der Waals surface area (Å²) in [5.74, 6) is -0.155. The Labute approximate surface area is 97.4 Å². The number of benzene rings is 1. The van der Waals surface area contributed by atoms with Crippen LogP contribution >= 0.6 is 15.9 Å². The minimum Gasteiger partial charge on any atom is -0.325 e. The third-order valence-corrected chi connectivity index (χ3v) is 3.39. The van der Waals surface area contributed by atoms with Gasteiger partial charge in [-0.2, -0.15) is 0 Å². The Bertz CT molecular complexity index is 364. The Morgan fingerprint density at radius 1 is 1.53 bits per heavy atom. The summed E-state index contributed by atoms with van der Waals surface area (Å²) >= 11 is 3.25. The Morgan fingerprint density at radius 2 is 2.20 bits per heavy atom. The number of halogens is 2. The van der Waals surface area contributed by atoms with Gasteiger partial charge in [0.25, 0.3) is 0 Å². The lowest BCUT2D eigenvalue weighted by Crippen LogP contribution is -2.56. The van der Waals surface area contributed by atoms with Crippen LogP contribution in [-0.4, -0.2) is 24.0 Å². The molecule has 0 aromatic heterocycles. The van der Waals surface area contributed by atoms with Crippen LogP contribution in [0.4, 0.5) is 4.39 Å². The lowest BCUT2D eigenvalue weighted by atomic mass is 10.0. The number of hydrogen-bond acceptors (Lipinski definition) is 2. The SMILES string of the molecule is CC(c1ccc(Br)cc1F)N1CC(N)C1. The van der Waals surface area contributed by atoms with E-state index in [9.17, 15) is 4.39 Å². The maximum Gasteiger partial charge on any atom is 0.129 e. The summed E-state index contributed by atoms with van der Waals surface area (Å²) in [4.78, 5) is 2.18. The van der Waals surface area contributed by atoms with Gasteiger partial charge in [-0.1, -0.05) is 22.0 Å². The second kappa shape index (κ2) is 4.20. The maximum atomic E-state index is 13.6. The first-order valence-corrected chi connectivity index (χ1v) is 5.82. The third-order valence-electron chi connectivity index (χ3n) is 2.90. The molecular weight excluding hydrogens is 259 g/mol. The van der Waals surface area contributed by atoms with Gasteiger partial charge in [-0.15, -0.1) is 0 Å². The molecule has 15 heavy (non-hydrogen) atoms. The molecule has 1 aromatic carbocycles. The molecule has 2 nitrogen and oxygen atoms in total. The summed E-state index contributed by atoms with van der Waals surface area (Å²) in [6.45, 7) is 3.73. The van der Waals surface area contributed by atoms with Crippen molar-refractivity contribution in [1.82, 2.24) is 4.90 Å². The van der Waals surface area contributed by atoms with E-state index in [2.05, 4.69) is 20.8 Å². The van der Waals surface area contributed by atoms with Gasteiger partial charge in [-0.05, 0) is 19.1 Å². The van der Waals surface area contributed by atoms with Gasteiger partial charge >= 0.3 is 0 Å². The maximum absolute atomic E-state index is 13.6. The van der Waals surface area contributed by atoms with E-state index >= 15 is 0 Å². The highest BCUT2D eigenvalue weighted by Crippen LogP contribution is 2.28. The molecule has 1 aromatic rings. The quantitative estimate of drug-likeness (QED) is 0.895. The van der Waals surface area contributed by atoms with Crippen LogP contribution in [-0.2, 0) is 0 Å². The van der Waals surface area contributed by atoms with Crippen molar-refractivity contribution >= 4 is 15.9 Å². The van der Waals surface area contributed by atoms with Crippen LogP contribution in [0.2, 0.25) is 0 Å². The molecule has 1 unspecified atom stereocenters. The van der Waals surface area contributed by atoms with E-state index in [4.69, 9.17) is 5.73 Å². The van der Waals surface area contributed by atoms with Crippen molar-refractivity contribution < 1.29 is 4.39 Å². The number of hydrogen-bond donors (Lipinski definition) is 1. The summed E-state index contributed by atoms with van der Waals surface area (Å²) in [6, 6.07) is 5.57. The zero-order valence-electron chi connectivity index (χ0n) is 8.58. The molecule has 0 spiro atoms. The fraction of sp³-hybridized carbons (Fsp3) is 0.455. The van der Waals surface area contributed by atoms with Crippen LogP contribution < -0.4 is 5.73 Å². The van der Waals surface area contributed by atoms with E-state index < -0.39 is 0 Å². The molecule has 1 fully saturated rings. The van der Waals surface area contributed by atoms with Crippen LogP contribution in [0.3, 0.4) is 0 Å². The van der Waals surface area contributed by atoms with Gasteiger partial charge in [0.1, 0.15) is 5.82 Å². The minimum absolute atomic E-state index is 0.109. The molecule has 2 rings (SSSR count). The first kappa shape index (κ1) is 11.0. The highest BCUT2D eigenvalue weighted by atomic mass is 79.9. The molecule has 4 heteroatoms. The Hall–Kier alpha value is -0.450. The summed E-state index contributed by atoms with van der Waals surface area (Å²) in [5.41, 5.74) is 6.44. The standard InChI is InChI=1S/C11H14BrFN2/c1-7(15-5-9(14)6-15)10-3-2-8(12)4-11(10)13/h2-4,7,9H,5-6,14H2,1H3. The van der Waals surface area contributed by atoms with Crippen LogP contribution in [0.15, 0.2) is 22.7 Å². The zero-order valence-corrected chi connectivity index (χ0v) is 10.2. The van der Waals surface area contributed by atoms with Crippen molar-refractivity contribution in [1.29, 1.82) is 0 Å². The first-order valence-electron chi connectivity index (χ1n) is 5.02. The smallest absolute Gasteiger partial charge is 0.129 e. The largest absolute Gasteiger partial charge is 0.325 e. The fourth-order valence-electron chi connectivity index (χ4n) is 1.90. The lowest BCUT2D eigenvalue weighted by Gasteiger charge is -2.41. The van der Waals surface area contributed by atoms with Crippen molar-refractivity contribution in [3.63, 3.8) is 0 Å². The minimum atomic E-state index is -0.155. The van der Waals surface area contributed by atoms with E-state index in [0.717, 1.165) is 23.1 Å². The molecule has 1 aliphatic heterocycles. The molecule has 2 N–H and O–H groups in total. The van der Waals surface area contributed by atoms with E-state index in [1.165, 1.54) is 6.07 Å². The first-order chi connectivity index (χ1) is 7.08. The Kier molecular flexibility index (Phi) is 3.09. The van der Waals surface area contributed by atoms with E-state index in [1.807, 2.05) is 19.1 Å². The van der Waals surface area contributed by atoms with Gasteiger partial charge < -0.3 is 5.73 Å². The van der Waals surface area contributed by atoms with Gasteiger partial charge in [0, 0.05) is 35.2 Å². The summed E-state index contributed by atoms with van der Waals surface area (Å²) in [7, 11) is 0. The number of nitrogens with two attached hydrogens (primary N) is 1. The van der Waals surface area contributed by atoms with Crippen molar-refractivity contribution in [3.8, 4) is 0 Å². The zero-order chi connectivity index (χ0) is 11.0. The summed E-state index contributed by atoms with van der Waals surface area (Å²) < 4.78 is 14.4. The molecule has 1 saturated heterocycles. The number of likely N-dealkylation sites (tertiary alicyclic amines) is 1. The number of nitrogens with zero attached hydrogens (tertiary/aromatic N) is 1. The van der Waals surface area contributed by atoms with Crippen LogP contribution in [0.25, 0.3) is 0 Å². The van der Waals surface area contributed by atoms with Crippen molar-refractivity contribution in [2.24, 2.45) is 5.73 Å². The molecular formula is C11H14BrFN2. The average molecular weight is 273 g/mol. The summed E-state index contributed by atoms with van der Waals surface area (Å²) in [6.07, 6.45) is 0. The van der Waals surface area contributed by atoms with Crippen molar-refractivity contribution in [2.45, 2.75) is 19.0 Å². The second-order valence-electron chi connectivity index (χ2n) is 4.06. The topological polar surface area (TPSA) is 29.3 Å². The highest BCUT2D eigenvalue weighted by molar-refractivity contribution is 9.10. The third kappa shape index (κ3) is 2.22. The van der Waals surface area contributed by atoms with E-state index in [1.54, 1.807) is 0 Å². The fourth-order valence-corrected chi connectivity index (χ4v) is 2.24. The van der Waals surface area contributed by atoms with Crippen LogP contribution in [0.1, 0.15) is 18.5 Å². The Balaban J connectivity index is 2.15. The van der Waals surface area contributed by atoms with Crippen LogP contribution in [0, 0.1) is 5.82 Å². The van der Waals surface area contributed by atoms with Gasteiger partial charge in [0.2, 0.25) is 0 Å². The predicted molar refractivity (Wildman–Crippen MR) is 62.1 cm³/mol. The molecule has 0 bridgehead atoms. The van der Waals surface area contributed by atoms with Gasteiger partial charge in [-0.3, -0.25) is 4.90 Å². The van der Waals surface area contributed by atoms with E-state index in [0.29, 0.717) is 0 Å². The monoisotopic (exact) mass is 272 g/mol. The van der Waals surface area contributed by atoms with Crippen molar-refractivity contribution in [2.75, 3.05) is 13.1 Å². The lowest BCUT2D eigenvalue weighted by molar-refractivity contribution is 0.101. The molecule has 82 valence electrons. The van der Waals surface area contributed by atoms with Crippen molar-refractivity contribution in [3.05, 3.63) is 34.1 Å². The molecule has 1 atom stereocenters. The second-order valence-corrected chi connectivity index (χ2v) is 4.97. The van der Waals surface area contributed by atoms with Gasteiger partial charge in [-0.25, -0.2) is 4.39 Å². The summed E-state index contributed by atoms with van der Waals surface area (Å²) in [5, 5.41) is 0. The molecule has 0 radical (unpaired) electrons. The van der Waals surface area contributed by atoms with Crippen LogP contribution in [0.5, 0.6) is 0 Å².